The highest BCUT2D eigenvalue weighted by Crippen LogP contribution is 2.54. The monoisotopic (exact) mass is 1140 g/mol. The van der Waals surface area contributed by atoms with Crippen LogP contribution in [0.5, 0.6) is 17.2 Å². The van der Waals surface area contributed by atoms with E-state index in [4.69, 9.17) is 14.2 Å². The minimum Gasteiger partial charge on any atom is -0.507 e. The standard InChI is InChI=1S/C60H83N9O13/c1-25-46(72)36(21-40(81-25)82-38-23-60(79,39(71)24-70)22-34-43(38)50(76)45-44(48(34)74)47(73)32-17-10-20-37(80-2)42(32)49(45)75)69(59(77)78)35-19-9-18-33-41(35)58-67-56-31-16-8-7-15-30(31)54(65-56)63-52-27-12-4-3-11-26(27)51(61-52)62-53-28-13-5-6-14-29(28)55(64-53)66-57(33)68-58/h10,17,20,25-31,33,35-36,38,40-41,46,51-58,61-68,70,72,74,76,79H,3-9,11-16,18-19,21-24H2,1-2H3,(H,77,78)/t25?,26?,27?,28?,29?,30?,31?,33?,35?,36?,38-,40?,41?,46?,51?,52?,53?,54?,55?,56?,57?,58?,60-/m0/s1. The van der Waals surface area contributed by atoms with Gasteiger partial charge in [0.15, 0.2) is 17.9 Å². The Hall–Kier alpha value is -4.40. The number of aliphatic hydroxyl groups excluding tert-OH is 2. The third-order valence-electron chi connectivity index (χ3n) is 22.5. The van der Waals surface area contributed by atoms with Gasteiger partial charge < -0.3 is 44.8 Å². The molecule has 446 valence electrons. The summed E-state index contributed by atoms with van der Waals surface area (Å²) < 4.78 is 18.5. The molecule has 23 atom stereocenters. The number of ether oxygens (including phenoxy) is 3. The number of fused-ring (bicyclic) bond motifs is 23. The molecule has 0 spiro atoms. The fourth-order valence-corrected chi connectivity index (χ4v) is 18.8. The fourth-order valence-electron chi connectivity index (χ4n) is 18.8. The molecule has 82 heavy (non-hydrogen) atoms. The molecule has 6 saturated heterocycles. The molecule has 12 aliphatic rings. The number of phenolic OH excluding ortho intramolecular Hbond substituents is 2. The molecule has 22 nitrogen and oxygen atoms in total. The maximum Gasteiger partial charge on any atom is 0.407 e. The van der Waals surface area contributed by atoms with Gasteiger partial charge >= 0.3 is 6.09 Å². The van der Waals surface area contributed by atoms with E-state index in [2.05, 4.69) is 42.5 Å². The largest absolute Gasteiger partial charge is 0.507 e. The Labute approximate surface area is 477 Å². The van der Waals surface area contributed by atoms with Crippen molar-refractivity contribution in [1.29, 1.82) is 0 Å². The summed E-state index contributed by atoms with van der Waals surface area (Å²) in [5.41, 5.74) is -4.06. The van der Waals surface area contributed by atoms with Crippen molar-refractivity contribution < 1.29 is 64.0 Å². The average Bonchev–Trinajstić information content (AvgIpc) is 2.88. The minimum atomic E-state index is -2.39. The molecule has 2 aromatic carbocycles. The van der Waals surface area contributed by atoms with Crippen LogP contribution in [0.4, 0.5) is 4.79 Å². The molecular weight excluding hydrogens is 1050 g/mol. The van der Waals surface area contributed by atoms with E-state index >= 15 is 0 Å². The molecule has 14 N–H and O–H groups in total. The summed E-state index contributed by atoms with van der Waals surface area (Å²) in [6, 6.07) is 2.71. The van der Waals surface area contributed by atoms with Crippen LogP contribution in [0.3, 0.4) is 0 Å². The van der Waals surface area contributed by atoms with E-state index in [1.165, 1.54) is 75.2 Å². The topological polar surface area (TPSA) is 317 Å². The number of carbonyl (C=O) groups excluding carboxylic acids is 3. The fraction of sp³-hybridized carbons (Fsp3) is 0.733. The SMILES string of the molecule is COc1cccc2c1C(=O)c1c(O)c3c(c(O)c1C2=O)C[C@@](O)(C(=O)CO)C[C@@H]3OC1CC(N(C(=O)O)C2CCCC3C4NC5NC(NC6NC(NC7NC(NC(N4)C32)C2CCCCC72)C2CCCCC62)C2CCCCC52)C(O)C(C)O1. The second-order valence-electron chi connectivity index (χ2n) is 26.5. The van der Waals surface area contributed by atoms with Crippen molar-refractivity contribution in [1.82, 2.24) is 47.4 Å². The van der Waals surface area contributed by atoms with Gasteiger partial charge in [-0.25, -0.2) is 4.79 Å². The third-order valence-corrected chi connectivity index (χ3v) is 22.5. The molecule has 6 aliphatic carbocycles. The average molecular weight is 1140 g/mol. The van der Waals surface area contributed by atoms with Crippen LogP contribution in [0, 0.1) is 47.3 Å². The number of aliphatic hydroxyl groups is 3. The van der Waals surface area contributed by atoms with Crippen LogP contribution in [-0.4, -0.2) is 158 Å². The molecule has 6 heterocycles. The Morgan fingerprint density at radius 3 is 1.65 bits per heavy atom. The molecule has 8 bridgehead atoms. The first-order valence-electron chi connectivity index (χ1n) is 31.0. The second kappa shape index (κ2) is 21.5. The third kappa shape index (κ3) is 8.97. The van der Waals surface area contributed by atoms with Crippen molar-refractivity contribution in [3.05, 3.63) is 51.6 Å². The van der Waals surface area contributed by atoms with Crippen LogP contribution in [0.1, 0.15) is 165 Å². The lowest BCUT2D eigenvalue weighted by Crippen LogP contribution is -2.64. The van der Waals surface area contributed by atoms with E-state index in [1.54, 1.807) is 6.92 Å². The lowest BCUT2D eigenvalue weighted by Gasteiger charge is -2.50. The van der Waals surface area contributed by atoms with Crippen molar-refractivity contribution >= 4 is 23.4 Å². The Morgan fingerprint density at radius 2 is 1.15 bits per heavy atom. The van der Waals surface area contributed by atoms with E-state index in [0.717, 1.165) is 44.9 Å². The van der Waals surface area contributed by atoms with Gasteiger partial charge in [-0.05, 0) is 106 Å². The number of hydrogen-bond donors (Lipinski definition) is 14. The van der Waals surface area contributed by atoms with Crippen LogP contribution in [0.2, 0.25) is 0 Å². The number of hydrogen-bond acceptors (Lipinski definition) is 20. The first kappa shape index (κ1) is 55.5. The van der Waals surface area contributed by atoms with Crippen LogP contribution in [0.15, 0.2) is 18.2 Å². The van der Waals surface area contributed by atoms with Crippen molar-refractivity contribution in [2.24, 2.45) is 47.3 Å². The van der Waals surface area contributed by atoms with Crippen molar-refractivity contribution in [2.75, 3.05) is 13.7 Å². The zero-order chi connectivity index (χ0) is 56.6. The summed E-state index contributed by atoms with van der Waals surface area (Å²) in [4.78, 5) is 57.8. The second-order valence-corrected chi connectivity index (χ2v) is 26.5. The van der Waals surface area contributed by atoms with Crippen LogP contribution < -0.4 is 47.3 Å². The van der Waals surface area contributed by atoms with Crippen molar-refractivity contribution in [3.8, 4) is 17.2 Å². The van der Waals surface area contributed by atoms with Gasteiger partial charge in [0.25, 0.3) is 0 Å². The Bertz CT molecular complexity index is 2860. The molecule has 2 aromatic rings. The Balaban J connectivity index is 0.793. The number of aromatic hydroxyl groups is 2. The van der Waals surface area contributed by atoms with Crippen LogP contribution in [-0.2, 0) is 20.7 Å². The summed E-state index contributed by atoms with van der Waals surface area (Å²) >= 11 is 0. The number of amides is 1. The van der Waals surface area contributed by atoms with E-state index in [9.17, 15) is 49.8 Å². The molecule has 10 fully saturated rings. The number of rotatable bonds is 7. The van der Waals surface area contributed by atoms with Gasteiger partial charge in [-0.1, -0.05) is 57.1 Å². The lowest BCUT2D eigenvalue weighted by atomic mass is 9.72. The molecule has 0 radical (unpaired) electrons. The number of nitrogens with zero attached hydrogens (tertiary/aromatic N) is 1. The number of methoxy groups -OCH3 is 1. The minimum absolute atomic E-state index is 0.00664. The molecule has 14 rings (SSSR count). The van der Waals surface area contributed by atoms with Gasteiger partial charge in [0.1, 0.15) is 35.6 Å². The number of carbonyl (C=O) groups is 4. The molecular formula is C60H83N9O13. The van der Waals surface area contributed by atoms with Gasteiger partial charge in [-0.2, -0.15) is 0 Å². The molecule has 4 saturated carbocycles. The highest BCUT2D eigenvalue weighted by atomic mass is 16.7. The normalized spacial score (nSPS) is 43.8. The lowest BCUT2D eigenvalue weighted by molar-refractivity contribution is -0.259. The highest BCUT2D eigenvalue weighted by molar-refractivity contribution is 6.31. The number of carboxylic acid groups (broad SMARTS) is 1. The number of benzene rings is 2. The van der Waals surface area contributed by atoms with Gasteiger partial charge in [-0.3, -0.25) is 61.8 Å². The Morgan fingerprint density at radius 1 is 0.659 bits per heavy atom. The van der Waals surface area contributed by atoms with Gasteiger partial charge in [0.2, 0.25) is 5.78 Å². The van der Waals surface area contributed by atoms with Crippen LogP contribution in [0.25, 0.3) is 0 Å². The number of nitrogens with one attached hydrogen (secondary N) is 8. The summed E-state index contributed by atoms with van der Waals surface area (Å²) in [5, 5.41) is 104. The summed E-state index contributed by atoms with van der Waals surface area (Å²) in [6.07, 6.45) is 8.34. The van der Waals surface area contributed by atoms with Crippen molar-refractivity contribution in [3.63, 3.8) is 0 Å². The van der Waals surface area contributed by atoms with Gasteiger partial charge in [-0.15, -0.1) is 0 Å². The summed E-state index contributed by atoms with van der Waals surface area (Å²) in [5.74, 6) is -1.60. The molecule has 22 heteroatoms. The molecule has 6 aliphatic heterocycles. The molecule has 21 unspecified atom stereocenters. The predicted octanol–water partition coefficient (Wildman–Crippen LogP) is 2.62. The summed E-state index contributed by atoms with van der Waals surface area (Å²) in [7, 11) is 1.33. The zero-order valence-corrected chi connectivity index (χ0v) is 46.9. The zero-order valence-electron chi connectivity index (χ0n) is 46.9. The summed E-state index contributed by atoms with van der Waals surface area (Å²) in [6.45, 7) is 0.529. The molecule has 1 amide bonds. The van der Waals surface area contributed by atoms with E-state index < -0.39 is 108 Å². The maximum absolute atomic E-state index is 14.4. The van der Waals surface area contributed by atoms with E-state index in [-0.39, 0.29) is 95.6 Å². The van der Waals surface area contributed by atoms with E-state index in [0.29, 0.717) is 41.9 Å². The van der Waals surface area contributed by atoms with Crippen LogP contribution >= 0.6 is 0 Å². The molecule has 0 aromatic heterocycles. The quantitative estimate of drug-likeness (QED) is 0.151. The maximum atomic E-state index is 14.4. The highest BCUT2D eigenvalue weighted by Gasteiger charge is 2.59. The van der Waals surface area contributed by atoms with E-state index in [1.807, 2.05) is 0 Å². The van der Waals surface area contributed by atoms with Gasteiger partial charge in [0, 0.05) is 47.9 Å². The van der Waals surface area contributed by atoms with Gasteiger partial charge in [0.05, 0.1) is 91.4 Å². The number of phenols is 2. The number of Topliss-reactive ketones (excluding diaryl/α,β-unsaturated/α-hetero) is 1. The predicted molar refractivity (Wildman–Crippen MR) is 294 cm³/mol. The Kier molecular flexibility index (Phi) is 14.6. The first-order chi connectivity index (χ1) is 39.6. The smallest absolute Gasteiger partial charge is 0.407 e. The number of ketones is 3. The first-order valence-corrected chi connectivity index (χ1v) is 31.0. The van der Waals surface area contributed by atoms with Crippen molar-refractivity contribution in [2.45, 2.75) is 214 Å².